The molecule has 3 aliphatic rings. The number of carbonyl (C=O) groups excluding carboxylic acids is 2. The molecule has 9 heteroatoms. The SMILES string of the molecule is CC(OCc1ccccc1)C(NC(=O)OCC1c2ccccc2-c2ccccc21)C(=O)N1C(C(=O)O)CC2OCCC21. The first-order chi connectivity index (χ1) is 20.4. The Bertz CT molecular complexity index is 1420. The summed E-state index contributed by atoms with van der Waals surface area (Å²) in [5.41, 5.74) is 5.28. The van der Waals surface area contributed by atoms with Crippen molar-refractivity contribution >= 4 is 18.0 Å². The third-order valence-corrected chi connectivity index (χ3v) is 8.57. The molecule has 42 heavy (non-hydrogen) atoms. The molecule has 6 rings (SSSR count). The lowest BCUT2D eigenvalue weighted by atomic mass is 9.98. The summed E-state index contributed by atoms with van der Waals surface area (Å²) in [6, 6.07) is 23.0. The van der Waals surface area contributed by atoms with E-state index in [4.69, 9.17) is 14.2 Å². The normalized spacial score (nSPS) is 22.1. The molecule has 0 bridgehead atoms. The Morgan fingerprint density at radius 2 is 1.62 bits per heavy atom. The fraction of sp³-hybridized carbons (Fsp3) is 0.364. The van der Waals surface area contributed by atoms with Crippen molar-refractivity contribution in [2.75, 3.05) is 13.2 Å². The number of nitrogens with zero attached hydrogens (tertiary/aromatic N) is 1. The molecular weight excluding hydrogens is 536 g/mol. The van der Waals surface area contributed by atoms with Gasteiger partial charge in [0.25, 0.3) is 0 Å². The van der Waals surface area contributed by atoms with Gasteiger partial charge in [-0.3, -0.25) is 4.79 Å². The highest BCUT2D eigenvalue weighted by molar-refractivity contribution is 5.91. The van der Waals surface area contributed by atoms with Crippen LogP contribution < -0.4 is 5.32 Å². The number of carbonyl (C=O) groups is 3. The van der Waals surface area contributed by atoms with Gasteiger partial charge in [0.05, 0.1) is 24.9 Å². The smallest absolute Gasteiger partial charge is 0.407 e. The van der Waals surface area contributed by atoms with E-state index in [0.29, 0.717) is 13.0 Å². The van der Waals surface area contributed by atoms with Crippen LogP contribution in [0.4, 0.5) is 4.79 Å². The standard InChI is InChI=1S/C33H34N2O7/c1-20(41-18-21-9-3-2-4-10-21)30(31(36)35-27-15-16-40-29(27)17-28(35)32(37)38)34-33(39)42-19-26-24-13-7-5-11-22(24)23-12-6-8-14-25(23)26/h2-14,20,26-30H,15-19H2,1H3,(H,34,39)(H,37,38). The Morgan fingerprint density at radius 3 is 2.29 bits per heavy atom. The number of rotatable bonds is 9. The van der Waals surface area contributed by atoms with E-state index in [9.17, 15) is 19.5 Å². The molecule has 0 radical (unpaired) electrons. The Balaban J connectivity index is 1.20. The van der Waals surface area contributed by atoms with E-state index in [0.717, 1.165) is 27.8 Å². The summed E-state index contributed by atoms with van der Waals surface area (Å²) in [7, 11) is 0. The van der Waals surface area contributed by atoms with Gasteiger partial charge in [-0.15, -0.1) is 0 Å². The van der Waals surface area contributed by atoms with Gasteiger partial charge in [0.1, 0.15) is 18.7 Å². The fourth-order valence-electron chi connectivity index (χ4n) is 6.49. The molecular formula is C33H34N2O7. The number of benzene rings is 3. The third-order valence-electron chi connectivity index (χ3n) is 8.57. The van der Waals surface area contributed by atoms with Crippen LogP contribution in [0.15, 0.2) is 78.9 Å². The van der Waals surface area contributed by atoms with Gasteiger partial charge in [-0.2, -0.15) is 0 Å². The second-order valence-electron chi connectivity index (χ2n) is 11.0. The molecule has 0 aromatic heterocycles. The van der Waals surface area contributed by atoms with Crippen LogP contribution >= 0.6 is 0 Å². The molecule has 0 saturated carbocycles. The minimum absolute atomic E-state index is 0.0834. The number of hydrogen-bond acceptors (Lipinski definition) is 6. The number of likely N-dealkylation sites (tertiary alicyclic amines) is 1. The summed E-state index contributed by atoms with van der Waals surface area (Å²) in [6.07, 6.45) is -1.13. The Morgan fingerprint density at radius 1 is 0.976 bits per heavy atom. The van der Waals surface area contributed by atoms with Crippen LogP contribution in [0.25, 0.3) is 11.1 Å². The summed E-state index contributed by atoms with van der Waals surface area (Å²) in [5, 5.41) is 12.6. The lowest BCUT2D eigenvalue weighted by molar-refractivity contribution is -0.152. The summed E-state index contributed by atoms with van der Waals surface area (Å²) in [5.74, 6) is -1.76. The molecule has 2 fully saturated rings. The maximum atomic E-state index is 14.0. The molecule has 2 heterocycles. The first-order valence-electron chi connectivity index (χ1n) is 14.4. The molecule has 218 valence electrons. The van der Waals surface area contributed by atoms with Crippen LogP contribution in [-0.2, 0) is 30.4 Å². The number of aliphatic carboxylic acids is 1. The van der Waals surface area contributed by atoms with Gasteiger partial charge in [0, 0.05) is 18.9 Å². The van der Waals surface area contributed by atoms with E-state index in [2.05, 4.69) is 17.4 Å². The van der Waals surface area contributed by atoms with Gasteiger partial charge in [-0.05, 0) is 41.2 Å². The number of alkyl carbamates (subject to hydrolysis) is 1. The van der Waals surface area contributed by atoms with E-state index in [1.54, 1.807) is 6.92 Å². The number of nitrogens with one attached hydrogen (secondary N) is 1. The lowest BCUT2D eigenvalue weighted by Crippen LogP contribution is -2.58. The lowest BCUT2D eigenvalue weighted by Gasteiger charge is -2.33. The van der Waals surface area contributed by atoms with Crippen LogP contribution in [0, 0.1) is 0 Å². The minimum atomic E-state index is -1.16. The largest absolute Gasteiger partial charge is 0.480 e. The van der Waals surface area contributed by atoms with Crippen molar-refractivity contribution in [2.24, 2.45) is 0 Å². The number of amides is 2. The van der Waals surface area contributed by atoms with Gasteiger partial charge in [-0.25, -0.2) is 9.59 Å². The molecule has 2 aliphatic heterocycles. The first-order valence-corrected chi connectivity index (χ1v) is 14.4. The average molecular weight is 571 g/mol. The molecule has 2 N–H and O–H groups in total. The summed E-state index contributed by atoms with van der Waals surface area (Å²) < 4.78 is 17.5. The van der Waals surface area contributed by atoms with Crippen LogP contribution in [-0.4, -0.2) is 71.5 Å². The molecule has 3 aromatic rings. The number of ether oxygens (including phenoxy) is 3. The van der Waals surface area contributed by atoms with Crippen molar-refractivity contribution in [1.29, 1.82) is 0 Å². The molecule has 5 unspecified atom stereocenters. The zero-order chi connectivity index (χ0) is 29.2. The van der Waals surface area contributed by atoms with Crippen LogP contribution in [0.3, 0.4) is 0 Å². The molecule has 5 atom stereocenters. The summed E-state index contributed by atoms with van der Waals surface area (Å²) in [6.45, 7) is 2.45. The number of carboxylic acid groups (broad SMARTS) is 1. The predicted molar refractivity (Wildman–Crippen MR) is 154 cm³/mol. The molecule has 1 aliphatic carbocycles. The van der Waals surface area contributed by atoms with Crippen LogP contribution in [0.1, 0.15) is 42.4 Å². The zero-order valence-corrected chi connectivity index (χ0v) is 23.3. The molecule has 3 aromatic carbocycles. The second-order valence-corrected chi connectivity index (χ2v) is 11.0. The number of carboxylic acids is 1. The van der Waals surface area contributed by atoms with Gasteiger partial charge >= 0.3 is 12.1 Å². The molecule has 2 amide bonds. The maximum Gasteiger partial charge on any atom is 0.407 e. The maximum absolute atomic E-state index is 14.0. The van der Waals surface area contributed by atoms with Crippen LogP contribution in [0.5, 0.6) is 0 Å². The number of fused-ring (bicyclic) bond motifs is 4. The highest BCUT2D eigenvalue weighted by atomic mass is 16.6. The number of hydrogen-bond donors (Lipinski definition) is 2. The summed E-state index contributed by atoms with van der Waals surface area (Å²) >= 11 is 0. The minimum Gasteiger partial charge on any atom is -0.480 e. The van der Waals surface area contributed by atoms with Gasteiger partial charge in [-0.1, -0.05) is 78.9 Å². The van der Waals surface area contributed by atoms with Gasteiger partial charge < -0.3 is 29.5 Å². The Hall–Kier alpha value is -4.21. The van der Waals surface area contributed by atoms with Crippen molar-refractivity contribution in [3.63, 3.8) is 0 Å². The molecule has 0 spiro atoms. The van der Waals surface area contributed by atoms with E-state index >= 15 is 0 Å². The molecule has 2 saturated heterocycles. The summed E-state index contributed by atoms with van der Waals surface area (Å²) in [4.78, 5) is 40.8. The predicted octanol–water partition coefficient (Wildman–Crippen LogP) is 4.34. The van der Waals surface area contributed by atoms with Crippen molar-refractivity contribution in [2.45, 2.75) is 62.6 Å². The van der Waals surface area contributed by atoms with E-state index in [-0.39, 0.29) is 37.7 Å². The highest BCUT2D eigenvalue weighted by Gasteiger charge is 2.52. The third kappa shape index (κ3) is 5.37. The average Bonchev–Trinajstić information content (AvgIpc) is 3.70. The molecule has 9 nitrogen and oxygen atoms in total. The van der Waals surface area contributed by atoms with Crippen LogP contribution in [0.2, 0.25) is 0 Å². The fourth-order valence-corrected chi connectivity index (χ4v) is 6.49. The van der Waals surface area contributed by atoms with Crippen molar-refractivity contribution in [1.82, 2.24) is 10.2 Å². The zero-order valence-electron chi connectivity index (χ0n) is 23.3. The van der Waals surface area contributed by atoms with Crippen molar-refractivity contribution in [3.05, 3.63) is 95.6 Å². The van der Waals surface area contributed by atoms with E-state index < -0.39 is 36.2 Å². The van der Waals surface area contributed by atoms with E-state index in [1.807, 2.05) is 66.7 Å². The van der Waals surface area contributed by atoms with Crippen molar-refractivity contribution in [3.8, 4) is 11.1 Å². The Kier molecular flexibility index (Phi) is 7.95. The van der Waals surface area contributed by atoms with Crippen molar-refractivity contribution < 1.29 is 33.7 Å². The highest BCUT2D eigenvalue weighted by Crippen LogP contribution is 2.44. The van der Waals surface area contributed by atoms with Gasteiger partial charge in [0.15, 0.2) is 0 Å². The second kappa shape index (κ2) is 12.0. The topological polar surface area (TPSA) is 114 Å². The Labute approximate surface area is 244 Å². The quantitative estimate of drug-likeness (QED) is 0.393. The first kappa shape index (κ1) is 27.9. The van der Waals surface area contributed by atoms with E-state index in [1.165, 1.54) is 4.90 Å². The van der Waals surface area contributed by atoms with Gasteiger partial charge in [0.2, 0.25) is 5.91 Å². The monoisotopic (exact) mass is 570 g/mol.